The second-order valence-corrected chi connectivity index (χ2v) is 6.19. The fraction of sp³-hybridized carbons (Fsp3) is 0.286. The van der Waals surface area contributed by atoms with Crippen molar-refractivity contribution in [2.75, 3.05) is 19.0 Å². The third-order valence-electron chi connectivity index (χ3n) is 3.95. The summed E-state index contributed by atoms with van der Waals surface area (Å²) < 4.78 is 16.0. The minimum Gasteiger partial charge on any atom is -0.493 e. The first-order chi connectivity index (χ1) is 13.8. The highest BCUT2D eigenvalue weighted by Gasteiger charge is 2.20. The van der Waals surface area contributed by atoms with E-state index in [1.807, 2.05) is 6.92 Å². The maximum atomic E-state index is 12.4. The first-order valence-electron chi connectivity index (χ1n) is 9.08. The van der Waals surface area contributed by atoms with Crippen molar-refractivity contribution in [3.8, 4) is 11.5 Å². The molecule has 0 aliphatic rings. The number of hydrogen-bond donors (Lipinski definition) is 2. The summed E-state index contributed by atoms with van der Waals surface area (Å²) >= 11 is 0. The van der Waals surface area contributed by atoms with Crippen LogP contribution in [-0.2, 0) is 9.53 Å². The smallest absolute Gasteiger partial charge is 0.339 e. The van der Waals surface area contributed by atoms with E-state index in [1.54, 1.807) is 12.1 Å². The summed E-state index contributed by atoms with van der Waals surface area (Å²) in [6.45, 7) is 3.97. The van der Waals surface area contributed by atoms with Gasteiger partial charge >= 0.3 is 5.97 Å². The standard InChI is InChI=1S/C21H24N2O6/c1-4-11-28-17-10-7-15(12-18(17)27-3)21(26)29-13(2)20(25)23-16-8-5-14(6-9-16)19(22)24/h5-10,12-13H,4,11H2,1-3H3,(H2,22,24)(H,23,25). The van der Waals surface area contributed by atoms with E-state index in [2.05, 4.69) is 5.32 Å². The van der Waals surface area contributed by atoms with Crippen LogP contribution in [0.1, 0.15) is 41.0 Å². The summed E-state index contributed by atoms with van der Waals surface area (Å²) in [4.78, 5) is 35.7. The Bertz CT molecular complexity index is 879. The van der Waals surface area contributed by atoms with Crippen molar-refractivity contribution in [3.63, 3.8) is 0 Å². The Hall–Kier alpha value is -3.55. The summed E-state index contributed by atoms with van der Waals surface area (Å²) in [6.07, 6.45) is -0.203. The maximum absolute atomic E-state index is 12.4. The average molecular weight is 400 g/mol. The van der Waals surface area contributed by atoms with Gasteiger partial charge in [0.05, 0.1) is 19.3 Å². The number of primary amides is 1. The molecule has 0 bridgehead atoms. The molecule has 3 N–H and O–H groups in total. The summed E-state index contributed by atoms with van der Waals surface area (Å²) in [5.41, 5.74) is 6.18. The van der Waals surface area contributed by atoms with Crippen LogP contribution in [0.2, 0.25) is 0 Å². The lowest BCUT2D eigenvalue weighted by molar-refractivity contribution is -0.123. The van der Waals surface area contributed by atoms with E-state index in [1.165, 1.54) is 44.4 Å². The molecule has 29 heavy (non-hydrogen) atoms. The predicted octanol–water partition coefficient (Wildman–Crippen LogP) is 2.77. The van der Waals surface area contributed by atoms with Gasteiger partial charge in [0.2, 0.25) is 5.91 Å². The number of methoxy groups -OCH3 is 1. The lowest BCUT2D eigenvalue weighted by Crippen LogP contribution is -2.30. The van der Waals surface area contributed by atoms with Crippen LogP contribution in [0.15, 0.2) is 42.5 Å². The second kappa shape index (κ2) is 10.1. The Kier molecular flexibility index (Phi) is 7.59. The molecule has 0 saturated carbocycles. The van der Waals surface area contributed by atoms with Crippen LogP contribution in [0.25, 0.3) is 0 Å². The third kappa shape index (κ3) is 5.97. The molecule has 0 heterocycles. The molecule has 8 heteroatoms. The van der Waals surface area contributed by atoms with Crippen LogP contribution < -0.4 is 20.5 Å². The summed E-state index contributed by atoms with van der Waals surface area (Å²) in [6, 6.07) is 10.7. The number of anilines is 1. The molecule has 1 unspecified atom stereocenters. The number of ether oxygens (including phenoxy) is 3. The SMILES string of the molecule is CCCOc1ccc(C(=O)OC(C)C(=O)Nc2ccc(C(N)=O)cc2)cc1OC. The van der Waals surface area contributed by atoms with Gasteiger partial charge in [-0.25, -0.2) is 4.79 Å². The molecule has 0 aliphatic heterocycles. The summed E-state index contributed by atoms with van der Waals surface area (Å²) in [5.74, 6) is -0.820. The van der Waals surface area contributed by atoms with E-state index >= 15 is 0 Å². The second-order valence-electron chi connectivity index (χ2n) is 6.19. The van der Waals surface area contributed by atoms with Crippen LogP contribution in [0.4, 0.5) is 5.69 Å². The Morgan fingerprint density at radius 1 is 1.03 bits per heavy atom. The molecular formula is C21H24N2O6. The average Bonchev–Trinajstić information content (AvgIpc) is 2.72. The molecule has 0 fully saturated rings. The molecule has 8 nitrogen and oxygen atoms in total. The van der Waals surface area contributed by atoms with Gasteiger partial charge in [0.25, 0.3) is 5.91 Å². The van der Waals surface area contributed by atoms with Crippen LogP contribution >= 0.6 is 0 Å². The number of hydrogen-bond acceptors (Lipinski definition) is 6. The Morgan fingerprint density at radius 3 is 2.28 bits per heavy atom. The number of carbonyl (C=O) groups is 3. The van der Waals surface area contributed by atoms with Gasteiger partial charge in [-0.2, -0.15) is 0 Å². The zero-order valence-corrected chi connectivity index (χ0v) is 16.6. The van der Waals surface area contributed by atoms with Gasteiger partial charge in [0.1, 0.15) is 0 Å². The zero-order chi connectivity index (χ0) is 21.4. The lowest BCUT2D eigenvalue weighted by Gasteiger charge is -2.15. The zero-order valence-electron chi connectivity index (χ0n) is 16.6. The molecule has 2 amide bonds. The number of nitrogens with two attached hydrogens (primary N) is 1. The van der Waals surface area contributed by atoms with Crippen LogP contribution in [0.5, 0.6) is 11.5 Å². The number of amides is 2. The van der Waals surface area contributed by atoms with Crippen molar-refractivity contribution in [3.05, 3.63) is 53.6 Å². The summed E-state index contributed by atoms with van der Waals surface area (Å²) in [5, 5.41) is 2.61. The van der Waals surface area contributed by atoms with Gasteiger partial charge in [-0.1, -0.05) is 6.92 Å². The van der Waals surface area contributed by atoms with E-state index in [-0.39, 0.29) is 5.56 Å². The fourth-order valence-corrected chi connectivity index (χ4v) is 2.37. The molecule has 0 spiro atoms. The molecule has 0 aliphatic carbocycles. The third-order valence-corrected chi connectivity index (χ3v) is 3.95. The highest BCUT2D eigenvalue weighted by Crippen LogP contribution is 2.28. The van der Waals surface area contributed by atoms with E-state index in [4.69, 9.17) is 19.9 Å². The normalized spacial score (nSPS) is 11.3. The minimum absolute atomic E-state index is 0.233. The molecule has 0 radical (unpaired) electrons. The van der Waals surface area contributed by atoms with Gasteiger partial charge < -0.3 is 25.3 Å². The van der Waals surface area contributed by atoms with Crippen LogP contribution in [-0.4, -0.2) is 37.6 Å². The lowest BCUT2D eigenvalue weighted by atomic mass is 10.2. The number of carbonyl (C=O) groups excluding carboxylic acids is 3. The van der Waals surface area contributed by atoms with Gasteiger partial charge in [0.15, 0.2) is 17.6 Å². The quantitative estimate of drug-likeness (QED) is 0.625. The predicted molar refractivity (Wildman–Crippen MR) is 107 cm³/mol. The molecule has 2 rings (SSSR count). The van der Waals surface area contributed by atoms with Crippen LogP contribution in [0.3, 0.4) is 0 Å². The Balaban J connectivity index is 2.00. The maximum Gasteiger partial charge on any atom is 0.339 e. The van der Waals surface area contributed by atoms with Gasteiger partial charge in [0, 0.05) is 11.3 Å². The summed E-state index contributed by atoms with van der Waals surface area (Å²) in [7, 11) is 1.48. The number of esters is 1. The highest BCUT2D eigenvalue weighted by molar-refractivity contribution is 5.98. The number of nitrogens with one attached hydrogen (secondary N) is 1. The van der Waals surface area contributed by atoms with Crippen molar-refractivity contribution in [2.45, 2.75) is 26.4 Å². The molecule has 0 saturated heterocycles. The molecule has 2 aromatic carbocycles. The van der Waals surface area contributed by atoms with Crippen molar-refractivity contribution < 1.29 is 28.6 Å². The Labute approximate surface area is 168 Å². The fourth-order valence-electron chi connectivity index (χ4n) is 2.37. The first-order valence-corrected chi connectivity index (χ1v) is 9.08. The topological polar surface area (TPSA) is 117 Å². The van der Waals surface area contributed by atoms with Crippen molar-refractivity contribution in [2.24, 2.45) is 5.73 Å². The van der Waals surface area contributed by atoms with Gasteiger partial charge in [-0.15, -0.1) is 0 Å². The molecule has 0 aromatic heterocycles. The number of benzene rings is 2. The van der Waals surface area contributed by atoms with E-state index in [9.17, 15) is 14.4 Å². The first kappa shape index (κ1) is 21.7. The molecule has 2 aromatic rings. The highest BCUT2D eigenvalue weighted by atomic mass is 16.5. The van der Waals surface area contributed by atoms with Crippen molar-refractivity contribution >= 4 is 23.5 Å². The molecular weight excluding hydrogens is 376 g/mol. The van der Waals surface area contributed by atoms with E-state index in [0.717, 1.165) is 6.42 Å². The molecule has 1 atom stereocenters. The minimum atomic E-state index is -1.04. The van der Waals surface area contributed by atoms with Gasteiger partial charge in [-0.05, 0) is 55.8 Å². The monoisotopic (exact) mass is 400 g/mol. The van der Waals surface area contributed by atoms with Crippen molar-refractivity contribution in [1.29, 1.82) is 0 Å². The molecule has 154 valence electrons. The largest absolute Gasteiger partial charge is 0.493 e. The Morgan fingerprint density at radius 2 is 1.69 bits per heavy atom. The number of rotatable bonds is 9. The van der Waals surface area contributed by atoms with E-state index < -0.39 is 23.9 Å². The van der Waals surface area contributed by atoms with E-state index in [0.29, 0.717) is 29.4 Å². The van der Waals surface area contributed by atoms with Crippen LogP contribution in [0, 0.1) is 0 Å². The van der Waals surface area contributed by atoms with Crippen molar-refractivity contribution in [1.82, 2.24) is 0 Å². The van der Waals surface area contributed by atoms with Gasteiger partial charge in [-0.3, -0.25) is 9.59 Å².